The van der Waals surface area contributed by atoms with E-state index in [1.54, 1.807) is 11.3 Å². The van der Waals surface area contributed by atoms with Gasteiger partial charge in [-0.1, -0.05) is 17.4 Å². The number of nitrogens with zero attached hydrogens (tertiary/aromatic N) is 3. The van der Waals surface area contributed by atoms with E-state index in [0.29, 0.717) is 22.7 Å². The first kappa shape index (κ1) is 13.5. The normalized spacial score (nSPS) is 14.2. The molecule has 1 N–H and O–H groups in total. The first-order chi connectivity index (χ1) is 9.78. The molecule has 5 nitrogen and oxygen atoms in total. The van der Waals surface area contributed by atoms with Crippen molar-refractivity contribution in [3.05, 3.63) is 27.4 Å². The second kappa shape index (κ2) is 5.88. The summed E-state index contributed by atoms with van der Waals surface area (Å²) in [5, 5.41) is 14.3. The molecule has 0 aromatic carbocycles. The molecule has 0 saturated heterocycles. The van der Waals surface area contributed by atoms with Crippen LogP contribution in [0.3, 0.4) is 0 Å². The Labute approximate surface area is 125 Å². The van der Waals surface area contributed by atoms with Gasteiger partial charge in [0.25, 0.3) is 5.91 Å². The molecule has 2 aromatic heterocycles. The minimum Gasteiger partial charge on any atom is -0.360 e. The molecule has 20 heavy (non-hydrogen) atoms. The largest absolute Gasteiger partial charge is 0.360 e. The number of nitrogens with one attached hydrogen (secondary N) is 1. The molecule has 1 saturated carbocycles. The van der Waals surface area contributed by atoms with Gasteiger partial charge in [-0.25, -0.2) is 0 Å². The summed E-state index contributed by atoms with van der Waals surface area (Å²) in [5.41, 5.74) is 0. The van der Waals surface area contributed by atoms with Crippen molar-refractivity contribution in [2.24, 2.45) is 0 Å². The van der Waals surface area contributed by atoms with E-state index in [1.165, 1.54) is 16.2 Å². The Balaban J connectivity index is 1.74. The van der Waals surface area contributed by atoms with Gasteiger partial charge in [-0.2, -0.15) is 0 Å². The van der Waals surface area contributed by atoms with Crippen molar-refractivity contribution < 1.29 is 4.79 Å². The van der Waals surface area contributed by atoms with Crippen LogP contribution in [-0.4, -0.2) is 33.6 Å². The zero-order valence-electron chi connectivity index (χ0n) is 11.2. The van der Waals surface area contributed by atoms with Crippen LogP contribution in [0.25, 0.3) is 0 Å². The van der Waals surface area contributed by atoms with Gasteiger partial charge < -0.3 is 10.2 Å². The fourth-order valence-corrected chi connectivity index (χ4v) is 3.45. The first-order valence-electron chi connectivity index (χ1n) is 6.68. The smallest absolute Gasteiger partial charge is 0.285 e. The van der Waals surface area contributed by atoms with E-state index in [4.69, 9.17) is 0 Å². The van der Waals surface area contributed by atoms with Crippen molar-refractivity contribution in [2.75, 3.05) is 11.9 Å². The van der Waals surface area contributed by atoms with Crippen LogP contribution in [0.5, 0.6) is 0 Å². The molecule has 1 amide bonds. The van der Waals surface area contributed by atoms with Crippen LogP contribution in [-0.2, 0) is 6.54 Å². The number of carbonyl (C=O) groups excluding carboxylic acids is 1. The third kappa shape index (κ3) is 2.99. The van der Waals surface area contributed by atoms with Gasteiger partial charge in [0.1, 0.15) is 0 Å². The fraction of sp³-hybridized carbons (Fsp3) is 0.462. The number of rotatable bonds is 6. The lowest BCUT2D eigenvalue weighted by molar-refractivity contribution is 0.0730. The van der Waals surface area contributed by atoms with Crippen LogP contribution in [0.2, 0.25) is 0 Å². The second-order valence-corrected chi connectivity index (χ2v) is 6.70. The molecule has 0 unspecified atom stereocenters. The molecule has 0 atom stereocenters. The predicted molar refractivity (Wildman–Crippen MR) is 81.3 cm³/mol. The van der Waals surface area contributed by atoms with E-state index in [2.05, 4.69) is 21.6 Å². The van der Waals surface area contributed by atoms with Crippen LogP contribution in [0.15, 0.2) is 17.5 Å². The number of carbonyl (C=O) groups is 1. The quantitative estimate of drug-likeness (QED) is 0.891. The molecule has 1 aliphatic rings. The molecule has 3 rings (SSSR count). The Hall–Kier alpha value is -1.47. The minimum atomic E-state index is 0.00236. The average molecular weight is 308 g/mol. The Morgan fingerprint density at radius 3 is 3.00 bits per heavy atom. The molecule has 1 aliphatic carbocycles. The molecule has 2 heterocycles. The molecule has 0 aliphatic heterocycles. The average Bonchev–Trinajstić information content (AvgIpc) is 2.97. The molecular formula is C13H16N4OS2. The number of hydrogen-bond donors (Lipinski definition) is 1. The van der Waals surface area contributed by atoms with Gasteiger partial charge in [0.05, 0.1) is 6.54 Å². The van der Waals surface area contributed by atoms with Gasteiger partial charge in [-0.05, 0) is 31.2 Å². The summed E-state index contributed by atoms with van der Waals surface area (Å²) < 4.78 is 0. The van der Waals surface area contributed by atoms with Gasteiger partial charge >= 0.3 is 0 Å². The minimum absolute atomic E-state index is 0.00236. The van der Waals surface area contributed by atoms with E-state index >= 15 is 0 Å². The van der Waals surface area contributed by atoms with Gasteiger partial charge in [0.2, 0.25) is 10.1 Å². The van der Waals surface area contributed by atoms with Crippen LogP contribution in [0.1, 0.15) is 34.4 Å². The standard InChI is InChI=1S/C13H16N4OS2/c1-2-14-13-16-15-11(20-13)12(18)17(9-5-6-9)8-10-4-3-7-19-10/h3-4,7,9H,2,5-6,8H2,1H3,(H,14,16). The molecule has 106 valence electrons. The Kier molecular flexibility index (Phi) is 3.98. The lowest BCUT2D eigenvalue weighted by atomic mass is 10.4. The lowest BCUT2D eigenvalue weighted by Gasteiger charge is -2.20. The lowest BCUT2D eigenvalue weighted by Crippen LogP contribution is -2.32. The fourth-order valence-electron chi connectivity index (χ4n) is 1.98. The van der Waals surface area contributed by atoms with Crippen LogP contribution in [0, 0.1) is 0 Å². The Morgan fingerprint density at radius 2 is 2.35 bits per heavy atom. The van der Waals surface area contributed by atoms with Crippen molar-refractivity contribution >= 4 is 33.7 Å². The van der Waals surface area contributed by atoms with Crippen LogP contribution < -0.4 is 5.32 Å². The van der Waals surface area contributed by atoms with E-state index < -0.39 is 0 Å². The SMILES string of the molecule is CCNc1nnc(C(=O)N(Cc2cccs2)C2CC2)s1. The zero-order valence-corrected chi connectivity index (χ0v) is 12.8. The van der Waals surface area contributed by atoms with Crippen molar-refractivity contribution in [2.45, 2.75) is 32.4 Å². The van der Waals surface area contributed by atoms with Gasteiger partial charge in [-0.3, -0.25) is 4.79 Å². The van der Waals surface area contributed by atoms with E-state index in [0.717, 1.165) is 19.4 Å². The van der Waals surface area contributed by atoms with Gasteiger partial charge in [0, 0.05) is 17.5 Å². The van der Waals surface area contributed by atoms with Gasteiger partial charge in [0.15, 0.2) is 0 Å². The van der Waals surface area contributed by atoms with Gasteiger partial charge in [-0.15, -0.1) is 21.5 Å². The maximum absolute atomic E-state index is 12.6. The molecule has 0 bridgehead atoms. The maximum atomic E-state index is 12.6. The number of amides is 1. The predicted octanol–water partition coefficient (Wildman–Crippen LogP) is 2.84. The number of aromatic nitrogens is 2. The molecule has 7 heteroatoms. The highest BCUT2D eigenvalue weighted by Crippen LogP contribution is 2.31. The van der Waals surface area contributed by atoms with E-state index in [1.807, 2.05) is 23.3 Å². The monoisotopic (exact) mass is 308 g/mol. The third-order valence-electron chi connectivity index (χ3n) is 3.09. The summed E-state index contributed by atoms with van der Waals surface area (Å²) in [6.45, 7) is 3.46. The van der Waals surface area contributed by atoms with Crippen molar-refractivity contribution in [1.82, 2.24) is 15.1 Å². The highest BCUT2D eigenvalue weighted by Gasteiger charge is 2.34. The molecule has 2 aromatic rings. The molecular weight excluding hydrogens is 292 g/mol. The maximum Gasteiger partial charge on any atom is 0.285 e. The Morgan fingerprint density at radius 1 is 1.50 bits per heavy atom. The summed E-state index contributed by atoms with van der Waals surface area (Å²) in [7, 11) is 0. The van der Waals surface area contributed by atoms with Crippen LogP contribution >= 0.6 is 22.7 Å². The summed E-state index contributed by atoms with van der Waals surface area (Å²) in [6.07, 6.45) is 2.19. The van der Waals surface area contributed by atoms with Crippen molar-refractivity contribution in [1.29, 1.82) is 0 Å². The topological polar surface area (TPSA) is 58.1 Å². The first-order valence-corrected chi connectivity index (χ1v) is 8.38. The number of anilines is 1. The summed E-state index contributed by atoms with van der Waals surface area (Å²) in [4.78, 5) is 15.7. The zero-order chi connectivity index (χ0) is 13.9. The van der Waals surface area contributed by atoms with Crippen molar-refractivity contribution in [3.8, 4) is 0 Å². The third-order valence-corrected chi connectivity index (χ3v) is 4.82. The highest BCUT2D eigenvalue weighted by molar-refractivity contribution is 7.17. The summed E-state index contributed by atoms with van der Waals surface area (Å²) in [6, 6.07) is 4.46. The number of hydrogen-bond acceptors (Lipinski definition) is 6. The van der Waals surface area contributed by atoms with E-state index in [9.17, 15) is 4.79 Å². The van der Waals surface area contributed by atoms with Crippen LogP contribution in [0.4, 0.5) is 5.13 Å². The summed E-state index contributed by atoms with van der Waals surface area (Å²) >= 11 is 3.01. The molecule has 0 spiro atoms. The molecule has 1 fully saturated rings. The van der Waals surface area contributed by atoms with E-state index in [-0.39, 0.29) is 5.91 Å². The second-order valence-electron chi connectivity index (χ2n) is 4.69. The summed E-state index contributed by atoms with van der Waals surface area (Å²) in [5.74, 6) is 0.00236. The van der Waals surface area contributed by atoms with Crippen molar-refractivity contribution in [3.63, 3.8) is 0 Å². The molecule has 0 radical (unpaired) electrons. The highest BCUT2D eigenvalue weighted by atomic mass is 32.1. The number of thiophene rings is 1. The Bertz CT molecular complexity index is 577.